The summed E-state index contributed by atoms with van der Waals surface area (Å²) >= 11 is 0. The van der Waals surface area contributed by atoms with Crippen LogP contribution in [0, 0.1) is 23.2 Å². The highest BCUT2D eigenvalue weighted by atomic mass is 16.4. The maximum absolute atomic E-state index is 12.0. The third-order valence-corrected chi connectivity index (χ3v) is 8.72. The van der Waals surface area contributed by atoms with Crippen molar-refractivity contribution in [1.82, 2.24) is 24.8 Å². The van der Waals surface area contributed by atoms with Crippen molar-refractivity contribution in [1.29, 1.82) is 5.41 Å². The number of benzene rings is 1. The van der Waals surface area contributed by atoms with Crippen molar-refractivity contribution in [3.8, 4) is 0 Å². The molecule has 212 valence electrons. The van der Waals surface area contributed by atoms with E-state index >= 15 is 0 Å². The molecule has 0 aliphatic heterocycles. The molecule has 3 aromatic rings. The predicted octanol–water partition coefficient (Wildman–Crippen LogP) is 5.27. The Morgan fingerprint density at radius 1 is 1.18 bits per heavy atom. The molecule has 0 radical (unpaired) electrons. The molecule has 2 aliphatic rings. The van der Waals surface area contributed by atoms with Crippen molar-refractivity contribution in [3.05, 3.63) is 60.2 Å². The number of imidazole rings is 1. The summed E-state index contributed by atoms with van der Waals surface area (Å²) in [6.07, 6.45) is 8.38. The van der Waals surface area contributed by atoms with E-state index in [1.54, 1.807) is 6.92 Å². The molecule has 5 N–H and O–H groups in total. The lowest BCUT2D eigenvalue weighted by Crippen LogP contribution is -2.33. The van der Waals surface area contributed by atoms with E-state index in [9.17, 15) is 15.0 Å². The van der Waals surface area contributed by atoms with Crippen LogP contribution < -0.4 is 10.6 Å². The van der Waals surface area contributed by atoms with Crippen LogP contribution in [0.3, 0.4) is 0 Å². The predicted molar refractivity (Wildman–Crippen MR) is 154 cm³/mol. The molecule has 2 atom stereocenters. The van der Waals surface area contributed by atoms with Crippen LogP contribution in [0.5, 0.6) is 0 Å². The maximum Gasteiger partial charge on any atom is 0.410 e. The monoisotopic (exact) mass is 545 g/mol. The summed E-state index contributed by atoms with van der Waals surface area (Å²) in [6, 6.07) is 9.55. The second-order valence-corrected chi connectivity index (χ2v) is 11.5. The number of allylic oxidation sites excluding steroid dienone is 1. The molecule has 1 amide bonds. The summed E-state index contributed by atoms with van der Waals surface area (Å²) in [5, 5.41) is 35.0. The molecule has 2 fully saturated rings. The number of amidine groups is 1. The van der Waals surface area contributed by atoms with Gasteiger partial charge in [0.05, 0.1) is 0 Å². The minimum absolute atomic E-state index is 0.0692. The Kier molecular flexibility index (Phi) is 7.89. The smallest absolute Gasteiger partial charge is 0.410 e. The summed E-state index contributed by atoms with van der Waals surface area (Å²) in [5.74, 6) is 1.86. The Hall–Kier alpha value is -3.79. The van der Waals surface area contributed by atoms with E-state index in [-0.39, 0.29) is 11.9 Å². The molecular weight excluding hydrogens is 506 g/mol. The number of fused-ring (bicyclic) bond motifs is 1. The fraction of sp³-hybridized carbons (Fsp3) is 0.500. The summed E-state index contributed by atoms with van der Waals surface area (Å²) < 4.78 is 2.05. The van der Waals surface area contributed by atoms with E-state index in [1.807, 2.05) is 36.4 Å². The van der Waals surface area contributed by atoms with Crippen molar-refractivity contribution in [3.63, 3.8) is 0 Å². The zero-order valence-corrected chi connectivity index (χ0v) is 23.2. The van der Waals surface area contributed by atoms with Crippen LogP contribution in [0.2, 0.25) is 0 Å². The van der Waals surface area contributed by atoms with Gasteiger partial charge in [-0.15, -0.1) is 6.58 Å². The highest BCUT2D eigenvalue weighted by Gasteiger charge is 2.35. The average Bonchev–Trinajstić information content (AvgIpc) is 3.27. The van der Waals surface area contributed by atoms with Gasteiger partial charge in [-0.2, -0.15) is 0 Å². The van der Waals surface area contributed by atoms with Gasteiger partial charge >= 0.3 is 6.09 Å². The van der Waals surface area contributed by atoms with E-state index in [1.165, 1.54) is 6.42 Å². The Morgan fingerprint density at radius 2 is 1.88 bits per heavy atom. The van der Waals surface area contributed by atoms with E-state index in [2.05, 4.69) is 38.7 Å². The third-order valence-electron chi connectivity index (χ3n) is 8.72. The lowest BCUT2D eigenvalue weighted by Gasteiger charge is -2.33. The van der Waals surface area contributed by atoms with Crippen LogP contribution in [0.25, 0.3) is 11.2 Å². The first-order chi connectivity index (χ1) is 19.2. The molecule has 0 saturated heterocycles. The van der Waals surface area contributed by atoms with Gasteiger partial charge in [0.15, 0.2) is 23.1 Å². The highest BCUT2D eigenvalue weighted by Crippen LogP contribution is 2.38. The van der Waals surface area contributed by atoms with Gasteiger partial charge in [0, 0.05) is 12.6 Å². The summed E-state index contributed by atoms with van der Waals surface area (Å²) in [5.41, 5.74) is 0.253. The maximum atomic E-state index is 12.0. The van der Waals surface area contributed by atoms with Crippen LogP contribution in [-0.2, 0) is 12.1 Å². The fourth-order valence-corrected chi connectivity index (χ4v) is 5.99. The Bertz CT molecular complexity index is 1390. The quantitative estimate of drug-likeness (QED) is 0.140. The minimum atomic E-state index is -1.43. The Morgan fingerprint density at radius 3 is 2.48 bits per heavy atom. The summed E-state index contributed by atoms with van der Waals surface area (Å²) in [6.45, 7) is 8.48. The largest absolute Gasteiger partial charge is 0.465 e. The van der Waals surface area contributed by atoms with E-state index in [0.717, 1.165) is 38.5 Å². The molecule has 2 heterocycles. The number of hydrogen-bond donors (Lipinski definition) is 5. The molecule has 40 heavy (non-hydrogen) atoms. The highest BCUT2D eigenvalue weighted by molar-refractivity contribution is 6.03. The number of anilines is 1. The van der Waals surface area contributed by atoms with Gasteiger partial charge in [-0.25, -0.2) is 19.7 Å². The van der Waals surface area contributed by atoms with Gasteiger partial charge in [-0.05, 0) is 75.7 Å². The van der Waals surface area contributed by atoms with Crippen LogP contribution in [-0.4, -0.2) is 47.7 Å². The minimum Gasteiger partial charge on any atom is -0.465 e. The van der Waals surface area contributed by atoms with E-state index in [4.69, 9.17) is 10.4 Å². The molecule has 5 rings (SSSR count). The van der Waals surface area contributed by atoms with Gasteiger partial charge in [0.2, 0.25) is 0 Å². The molecular formula is C30H39N7O3. The molecule has 10 heteroatoms. The molecule has 2 aromatic heterocycles. The van der Waals surface area contributed by atoms with Crippen LogP contribution in [0.15, 0.2) is 43.0 Å². The fourth-order valence-electron chi connectivity index (χ4n) is 5.99. The molecule has 2 saturated carbocycles. The Balaban J connectivity index is 1.66. The van der Waals surface area contributed by atoms with Crippen LogP contribution in [0.1, 0.15) is 76.0 Å². The lowest BCUT2D eigenvalue weighted by molar-refractivity contribution is 0.0867. The van der Waals surface area contributed by atoms with Gasteiger partial charge in [-0.1, -0.05) is 42.8 Å². The molecule has 0 bridgehead atoms. The lowest BCUT2D eigenvalue weighted by atomic mass is 9.80. The van der Waals surface area contributed by atoms with Gasteiger partial charge in [0.25, 0.3) is 0 Å². The Labute approximate surface area is 234 Å². The van der Waals surface area contributed by atoms with Gasteiger partial charge in [0.1, 0.15) is 16.9 Å². The van der Waals surface area contributed by atoms with Gasteiger partial charge < -0.3 is 20.1 Å². The van der Waals surface area contributed by atoms with Crippen molar-refractivity contribution in [2.24, 2.45) is 17.8 Å². The normalized spacial score (nSPS) is 21.7. The van der Waals surface area contributed by atoms with Crippen LogP contribution in [0.4, 0.5) is 10.6 Å². The number of amides is 1. The second kappa shape index (κ2) is 11.4. The molecule has 1 aromatic carbocycles. The third kappa shape index (κ3) is 5.58. The number of nitrogens with one attached hydrogen (secondary N) is 3. The number of nitrogens with zero attached hydrogens (tertiary/aromatic N) is 4. The molecule has 2 aliphatic carbocycles. The molecule has 10 nitrogen and oxygen atoms in total. The number of rotatable bonds is 9. The number of aromatic nitrogens is 4. The summed E-state index contributed by atoms with van der Waals surface area (Å²) in [7, 11) is 0. The first-order valence-corrected chi connectivity index (χ1v) is 14.2. The van der Waals surface area contributed by atoms with Crippen molar-refractivity contribution < 1.29 is 15.0 Å². The average molecular weight is 546 g/mol. The number of aliphatic hydroxyl groups is 1. The standard InChI is InChI=1S/C30H39N7O3/c1-4-19-13-15-20(16-14-19)17-37-23-25(32-18(2)21-9-8-10-21)34-27(24(31)33-29(38)39)35-26(23)36-28(37)30(3,40)22-11-6-5-7-12-22/h4-7,11-12,18-21,40H,1,8-10,13-17H2,2-3H3,(H2,31,33)(H,38,39)(H,32,34,35)/t18-,19-,20-,30?/m1/s1. The molecule has 0 spiro atoms. The van der Waals surface area contributed by atoms with Crippen molar-refractivity contribution in [2.45, 2.75) is 77.0 Å². The number of carboxylic acid groups (broad SMARTS) is 1. The van der Waals surface area contributed by atoms with Crippen LogP contribution >= 0.6 is 0 Å². The first-order valence-electron chi connectivity index (χ1n) is 14.2. The SMILES string of the molecule is C=C[C@H]1CC[C@H](Cn2c(C(C)(O)c3ccccc3)nc3nc(C(=N)NC(=O)O)nc(N[C@H](C)C4CCC4)c32)CC1. The van der Waals surface area contributed by atoms with Crippen molar-refractivity contribution in [2.75, 3.05) is 5.32 Å². The molecule has 1 unspecified atom stereocenters. The topological polar surface area (TPSA) is 149 Å². The van der Waals surface area contributed by atoms with Crippen molar-refractivity contribution >= 4 is 28.9 Å². The summed E-state index contributed by atoms with van der Waals surface area (Å²) in [4.78, 5) is 25.3. The zero-order chi connectivity index (χ0) is 28.4. The van der Waals surface area contributed by atoms with E-state index < -0.39 is 17.5 Å². The van der Waals surface area contributed by atoms with Gasteiger partial charge in [-0.3, -0.25) is 10.7 Å². The number of hydrogen-bond acceptors (Lipinski definition) is 7. The number of carbonyl (C=O) groups is 1. The second-order valence-electron chi connectivity index (χ2n) is 11.5. The first kappa shape index (κ1) is 27.8. The van der Waals surface area contributed by atoms with E-state index in [0.29, 0.717) is 52.7 Å². The zero-order valence-electron chi connectivity index (χ0n) is 23.2.